The lowest BCUT2D eigenvalue weighted by molar-refractivity contribution is 0.00578. The first-order valence-electron chi connectivity index (χ1n) is 7.41. The topological polar surface area (TPSA) is 51.8 Å². The smallest absolute Gasteiger partial charge is 0.399 e. The van der Waals surface area contributed by atoms with Crippen molar-refractivity contribution in [3.8, 4) is 0 Å². The molecule has 0 spiro atoms. The summed E-state index contributed by atoms with van der Waals surface area (Å²) in [5.74, 6) is 0. The summed E-state index contributed by atoms with van der Waals surface area (Å²) in [6.07, 6.45) is -2.64. The Balaban J connectivity index is 2.48. The molecule has 0 amide bonds. The quantitative estimate of drug-likeness (QED) is 0.643. The molecule has 0 aromatic heterocycles. The Morgan fingerprint density at radius 1 is 1.13 bits per heavy atom. The Morgan fingerprint density at radius 2 is 1.70 bits per heavy atom. The van der Waals surface area contributed by atoms with Gasteiger partial charge in [0.15, 0.2) is 0 Å². The molecule has 1 aliphatic rings. The van der Waals surface area contributed by atoms with E-state index in [2.05, 4.69) is 10.8 Å². The Morgan fingerprint density at radius 3 is 2.13 bits per heavy atom. The number of rotatable bonds is 5. The zero-order valence-electron chi connectivity index (χ0n) is 14.3. The minimum Gasteiger partial charge on any atom is -0.399 e. The summed E-state index contributed by atoms with van der Waals surface area (Å²) in [7, 11) is 2.28. The van der Waals surface area contributed by atoms with Gasteiger partial charge in [0.05, 0.1) is 29.7 Å². The number of nitrogens with one attached hydrogen (secondary N) is 2. The Hall–Kier alpha value is -1.38. The van der Waals surface area contributed by atoms with Crippen molar-refractivity contribution >= 4 is 24.0 Å². The van der Waals surface area contributed by atoms with Gasteiger partial charge in [-0.3, -0.25) is 10.3 Å². The highest BCUT2D eigenvalue weighted by molar-refractivity contribution is 6.62. The lowest BCUT2D eigenvalue weighted by Gasteiger charge is -2.32. The van der Waals surface area contributed by atoms with Gasteiger partial charge in [0.2, 0.25) is 0 Å². The number of alkyl halides is 2. The van der Waals surface area contributed by atoms with E-state index >= 15 is 0 Å². The summed E-state index contributed by atoms with van der Waals surface area (Å²) in [5.41, 5.74) is 2.59. The van der Waals surface area contributed by atoms with Gasteiger partial charge in [-0.05, 0) is 39.2 Å². The second kappa shape index (κ2) is 6.26. The molecule has 5 nitrogen and oxygen atoms in total. The van der Waals surface area contributed by atoms with Crippen LogP contribution in [0.25, 0.3) is 0 Å². The van der Waals surface area contributed by atoms with Crippen molar-refractivity contribution in [3.05, 3.63) is 17.7 Å². The molecule has 2 N–H and O–H groups in total. The van der Waals surface area contributed by atoms with Gasteiger partial charge in [-0.2, -0.15) is 0 Å². The molecule has 0 saturated carbocycles. The van der Waals surface area contributed by atoms with E-state index in [0.29, 0.717) is 11.2 Å². The van der Waals surface area contributed by atoms with Crippen molar-refractivity contribution < 1.29 is 22.9 Å². The first-order valence-corrected chi connectivity index (χ1v) is 7.41. The van der Waals surface area contributed by atoms with Gasteiger partial charge in [0.25, 0.3) is 6.43 Å². The van der Waals surface area contributed by atoms with Crippen molar-refractivity contribution in [1.29, 1.82) is 0 Å². The van der Waals surface area contributed by atoms with Crippen molar-refractivity contribution in [3.63, 3.8) is 0 Å². The third-order valence-corrected chi connectivity index (χ3v) is 4.41. The number of anilines is 2. The average molecular weight is 328 g/mol. The average Bonchev–Trinajstić information content (AvgIpc) is 2.67. The van der Waals surface area contributed by atoms with Gasteiger partial charge >= 0.3 is 7.12 Å². The summed E-state index contributed by atoms with van der Waals surface area (Å²) in [6, 6.07) is 3.09. The van der Waals surface area contributed by atoms with E-state index < -0.39 is 24.7 Å². The summed E-state index contributed by atoms with van der Waals surface area (Å²) in [5, 5.41) is 2.78. The minimum atomic E-state index is -2.64. The van der Waals surface area contributed by atoms with Crippen LogP contribution in [0.2, 0.25) is 0 Å². The molecule has 0 bridgehead atoms. The predicted molar refractivity (Wildman–Crippen MR) is 87.3 cm³/mol. The van der Waals surface area contributed by atoms with Crippen LogP contribution in [0.4, 0.5) is 20.2 Å². The van der Waals surface area contributed by atoms with Crippen LogP contribution in [-0.4, -0.2) is 32.5 Å². The molecule has 1 fully saturated rings. The summed E-state index contributed by atoms with van der Waals surface area (Å²) in [6.45, 7) is 7.66. The summed E-state index contributed by atoms with van der Waals surface area (Å²) in [4.78, 5) is 4.89. The fourth-order valence-corrected chi connectivity index (χ4v) is 2.44. The van der Waals surface area contributed by atoms with E-state index in [1.54, 1.807) is 13.1 Å². The Kier molecular flexibility index (Phi) is 4.89. The maximum absolute atomic E-state index is 13.4. The van der Waals surface area contributed by atoms with Crippen LogP contribution in [0.1, 0.15) is 39.7 Å². The lowest BCUT2D eigenvalue weighted by Crippen LogP contribution is -2.41. The number of halogens is 2. The monoisotopic (exact) mass is 328 g/mol. The van der Waals surface area contributed by atoms with Gasteiger partial charge in [-0.15, -0.1) is 0 Å². The molecule has 2 rings (SSSR count). The van der Waals surface area contributed by atoms with Crippen LogP contribution in [0.5, 0.6) is 0 Å². The lowest BCUT2D eigenvalue weighted by atomic mass is 9.77. The van der Waals surface area contributed by atoms with Gasteiger partial charge in [-0.1, -0.05) is 6.07 Å². The minimum absolute atomic E-state index is 0.140. The number of benzene rings is 1. The Bertz CT molecular complexity index is 566. The Labute approximate surface area is 135 Å². The molecule has 0 atom stereocenters. The fraction of sp³-hybridized carbons (Fsp3) is 0.600. The number of hydrogen-bond donors (Lipinski definition) is 2. The highest BCUT2D eigenvalue weighted by Crippen LogP contribution is 2.38. The summed E-state index contributed by atoms with van der Waals surface area (Å²) < 4.78 is 38.7. The maximum atomic E-state index is 13.4. The van der Waals surface area contributed by atoms with E-state index in [1.165, 1.54) is 13.2 Å². The third-order valence-electron chi connectivity index (χ3n) is 4.41. The third kappa shape index (κ3) is 3.29. The SMILES string of the molecule is CNc1c(NOC)cc(B2OC(C)(C)C(C)(C)O2)cc1C(F)F. The predicted octanol–water partition coefficient (Wildman–Crippen LogP) is 2.94. The van der Waals surface area contributed by atoms with Crippen LogP contribution >= 0.6 is 0 Å². The zero-order chi connectivity index (χ0) is 17.4. The van der Waals surface area contributed by atoms with Gasteiger partial charge in [-0.25, -0.2) is 8.78 Å². The van der Waals surface area contributed by atoms with E-state index in [0.717, 1.165) is 0 Å². The maximum Gasteiger partial charge on any atom is 0.494 e. The van der Waals surface area contributed by atoms with Gasteiger partial charge in [0.1, 0.15) is 0 Å². The van der Waals surface area contributed by atoms with Gasteiger partial charge < -0.3 is 14.6 Å². The standard InChI is InChI=1S/C15H23BF2N2O3/c1-14(2)15(3,4)23-16(22-14)9-7-10(13(17)18)12(19-5)11(8-9)20-21-6/h7-8,13,19-20H,1-6H3. The van der Waals surface area contributed by atoms with Crippen molar-refractivity contribution in [1.82, 2.24) is 0 Å². The second-order valence-corrected chi connectivity index (χ2v) is 6.48. The molecular formula is C15H23BF2N2O3. The van der Waals surface area contributed by atoms with E-state index in [-0.39, 0.29) is 11.3 Å². The number of hydrogen-bond acceptors (Lipinski definition) is 5. The van der Waals surface area contributed by atoms with Crippen LogP contribution in [0.3, 0.4) is 0 Å². The second-order valence-electron chi connectivity index (χ2n) is 6.48. The molecule has 23 heavy (non-hydrogen) atoms. The van der Waals surface area contributed by atoms with Crippen LogP contribution in [0.15, 0.2) is 12.1 Å². The van der Waals surface area contributed by atoms with E-state index in [9.17, 15) is 8.78 Å². The van der Waals surface area contributed by atoms with E-state index in [4.69, 9.17) is 14.1 Å². The van der Waals surface area contributed by atoms with Crippen molar-refractivity contribution in [2.45, 2.75) is 45.3 Å². The van der Waals surface area contributed by atoms with Crippen LogP contribution in [0, 0.1) is 0 Å². The molecule has 0 unspecified atom stereocenters. The van der Waals surface area contributed by atoms with E-state index in [1.807, 2.05) is 27.7 Å². The first-order chi connectivity index (χ1) is 10.6. The molecule has 0 aliphatic carbocycles. The molecular weight excluding hydrogens is 305 g/mol. The molecule has 8 heteroatoms. The first kappa shape index (κ1) is 18.0. The molecule has 128 valence electrons. The van der Waals surface area contributed by atoms with Crippen molar-refractivity contribution in [2.75, 3.05) is 25.0 Å². The highest BCUT2D eigenvalue weighted by atomic mass is 19.3. The van der Waals surface area contributed by atoms with Crippen LogP contribution < -0.4 is 16.3 Å². The molecule has 1 aromatic rings. The van der Waals surface area contributed by atoms with Crippen LogP contribution in [-0.2, 0) is 14.1 Å². The molecule has 1 saturated heterocycles. The van der Waals surface area contributed by atoms with Gasteiger partial charge in [0, 0.05) is 12.6 Å². The molecule has 1 heterocycles. The molecule has 1 aromatic carbocycles. The largest absolute Gasteiger partial charge is 0.494 e. The zero-order valence-corrected chi connectivity index (χ0v) is 14.3. The summed E-state index contributed by atoms with van der Waals surface area (Å²) >= 11 is 0. The fourth-order valence-electron chi connectivity index (χ4n) is 2.44. The normalized spacial score (nSPS) is 19.3. The molecule has 0 radical (unpaired) electrons. The van der Waals surface area contributed by atoms with Crippen molar-refractivity contribution in [2.24, 2.45) is 0 Å². The highest BCUT2D eigenvalue weighted by Gasteiger charge is 2.52. The molecule has 1 aliphatic heterocycles.